The zero-order valence-electron chi connectivity index (χ0n) is 18.4. The number of thioether (sulfide) groups is 1. The van der Waals surface area contributed by atoms with Crippen molar-refractivity contribution in [2.24, 2.45) is 0 Å². The summed E-state index contributed by atoms with van der Waals surface area (Å²) >= 11 is 1.34. The van der Waals surface area contributed by atoms with Gasteiger partial charge in [0.2, 0.25) is 16.7 Å². The van der Waals surface area contributed by atoms with Gasteiger partial charge in [-0.15, -0.1) is 11.8 Å². The highest BCUT2D eigenvalue weighted by Gasteiger charge is 2.61. The van der Waals surface area contributed by atoms with Gasteiger partial charge in [0, 0.05) is 17.3 Å². The summed E-state index contributed by atoms with van der Waals surface area (Å²) in [5.74, 6) is -0.255. The predicted molar refractivity (Wildman–Crippen MR) is 127 cm³/mol. The third kappa shape index (κ3) is 3.30. The third-order valence-corrected chi connectivity index (χ3v) is 7.94. The molecule has 2 heterocycles. The second-order valence-electron chi connectivity index (χ2n) is 8.97. The number of hydrogen-bond donors (Lipinski definition) is 1. The van der Waals surface area contributed by atoms with Crippen LogP contribution in [0.3, 0.4) is 0 Å². The summed E-state index contributed by atoms with van der Waals surface area (Å²) in [6.45, 7) is 3.94. The molecule has 6 nitrogen and oxygen atoms in total. The Kier molecular flexibility index (Phi) is 5.24. The maximum Gasteiger partial charge on any atom is 0.269 e. The van der Waals surface area contributed by atoms with Gasteiger partial charge < -0.3 is 5.32 Å². The number of para-hydroxylation sites is 1. The number of carbonyl (C=O) groups excluding carboxylic acids is 3. The first-order valence-corrected chi connectivity index (χ1v) is 12.1. The fourth-order valence-corrected chi connectivity index (χ4v) is 6.64. The van der Waals surface area contributed by atoms with Crippen LogP contribution < -0.4 is 15.1 Å². The topological polar surface area (TPSA) is 69.7 Å². The minimum atomic E-state index is -1.18. The Bertz CT molecular complexity index is 1090. The standard InChI is InChI=1S/C25H27N3O3S/c1-16-11-17(2)13-19(12-16)28-23(30)15-32-25(28)20-9-5-6-10-21(20)27(24(25)31)14-22(29)26-18-7-3-4-8-18/h5-6,9-13,18H,3-4,7-8,14-15H2,1-2H3,(H,26,29)/t25-/m0/s1. The van der Waals surface area contributed by atoms with Crippen LogP contribution in [0.5, 0.6) is 0 Å². The number of aryl methyl sites for hydroxylation is 2. The lowest BCUT2D eigenvalue weighted by atomic mass is 10.0. The van der Waals surface area contributed by atoms with Crippen LogP contribution in [0.25, 0.3) is 0 Å². The number of nitrogens with zero attached hydrogens (tertiary/aromatic N) is 2. The largest absolute Gasteiger partial charge is 0.352 e. The molecule has 3 amide bonds. The molecular weight excluding hydrogens is 422 g/mol. The van der Waals surface area contributed by atoms with E-state index in [-0.39, 0.29) is 36.1 Å². The molecule has 2 aromatic rings. The monoisotopic (exact) mass is 449 g/mol. The Balaban J connectivity index is 1.54. The Morgan fingerprint density at radius 2 is 1.78 bits per heavy atom. The number of anilines is 2. The molecule has 1 saturated heterocycles. The van der Waals surface area contributed by atoms with E-state index >= 15 is 0 Å². The zero-order chi connectivity index (χ0) is 22.5. The number of amides is 3. The van der Waals surface area contributed by atoms with Gasteiger partial charge in [0.05, 0.1) is 11.4 Å². The normalized spacial score (nSPS) is 22.8. The maximum atomic E-state index is 14.0. The highest BCUT2D eigenvalue weighted by molar-refractivity contribution is 8.02. The van der Waals surface area contributed by atoms with Crippen molar-refractivity contribution >= 4 is 40.9 Å². The van der Waals surface area contributed by atoms with E-state index in [9.17, 15) is 14.4 Å². The minimum Gasteiger partial charge on any atom is -0.352 e. The second-order valence-corrected chi connectivity index (χ2v) is 10.1. The minimum absolute atomic E-state index is 0.0382. The molecule has 1 N–H and O–H groups in total. The molecule has 0 unspecified atom stereocenters. The van der Waals surface area contributed by atoms with Crippen LogP contribution in [-0.2, 0) is 19.3 Å². The Hall–Kier alpha value is -2.80. The quantitative estimate of drug-likeness (QED) is 0.774. The molecule has 0 bridgehead atoms. The summed E-state index contributed by atoms with van der Waals surface area (Å²) in [5, 5.41) is 3.08. The Morgan fingerprint density at radius 3 is 2.50 bits per heavy atom. The van der Waals surface area contributed by atoms with E-state index < -0.39 is 4.87 Å². The fraction of sp³-hybridized carbons (Fsp3) is 0.400. The van der Waals surface area contributed by atoms with Gasteiger partial charge in [0.1, 0.15) is 6.54 Å². The number of hydrogen-bond acceptors (Lipinski definition) is 4. The molecule has 0 radical (unpaired) electrons. The van der Waals surface area contributed by atoms with Crippen LogP contribution in [0.15, 0.2) is 42.5 Å². The molecule has 1 saturated carbocycles. The first-order chi connectivity index (χ1) is 15.4. The molecule has 5 rings (SSSR count). The lowest BCUT2D eigenvalue weighted by Gasteiger charge is -2.33. The van der Waals surface area contributed by atoms with Crippen molar-refractivity contribution in [3.05, 3.63) is 59.2 Å². The molecule has 2 aliphatic heterocycles. The maximum absolute atomic E-state index is 14.0. The molecule has 1 spiro atoms. The fourth-order valence-electron chi connectivity index (χ4n) is 5.28. The first-order valence-electron chi connectivity index (χ1n) is 11.2. The van der Waals surface area contributed by atoms with Crippen molar-refractivity contribution in [3.8, 4) is 0 Å². The molecule has 0 aromatic heterocycles. The zero-order valence-corrected chi connectivity index (χ0v) is 19.2. The highest BCUT2D eigenvalue weighted by atomic mass is 32.2. The van der Waals surface area contributed by atoms with E-state index in [0.29, 0.717) is 5.69 Å². The molecule has 1 atom stereocenters. The average molecular weight is 450 g/mol. The van der Waals surface area contributed by atoms with Crippen molar-refractivity contribution in [2.45, 2.75) is 50.4 Å². The van der Waals surface area contributed by atoms with Crippen LogP contribution in [0, 0.1) is 13.8 Å². The van der Waals surface area contributed by atoms with Crippen molar-refractivity contribution in [1.29, 1.82) is 0 Å². The Morgan fingerprint density at radius 1 is 1.09 bits per heavy atom. The van der Waals surface area contributed by atoms with Gasteiger partial charge in [0.15, 0.2) is 0 Å². The summed E-state index contributed by atoms with van der Waals surface area (Å²) in [4.78, 5) is 42.0. The molecule has 2 fully saturated rings. The van der Waals surface area contributed by atoms with E-state index in [4.69, 9.17) is 0 Å². The molecular formula is C25H27N3O3S. The first kappa shape index (κ1) is 21.1. The van der Waals surface area contributed by atoms with E-state index in [1.54, 1.807) is 9.80 Å². The average Bonchev–Trinajstić information content (AvgIpc) is 3.43. The summed E-state index contributed by atoms with van der Waals surface area (Å²) in [6.07, 6.45) is 4.24. The SMILES string of the molecule is Cc1cc(C)cc(N2C(=O)CS[C@@]23C(=O)N(CC(=O)NC2CCCC2)c2ccccc23)c1. The number of rotatable bonds is 4. The van der Waals surface area contributed by atoms with Gasteiger partial charge in [-0.3, -0.25) is 24.2 Å². The predicted octanol–water partition coefficient (Wildman–Crippen LogP) is 3.64. The van der Waals surface area contributed by atoms with E-state index in [1.165, 1.54) is 11.8 Å². The molecule has 2 aromatic carbocycles. The van der Waals surface area contributed by atoms with Crippen LogP contribution in [0.4, 0.5) is 11.4 Å². The molecule has 7 heteroatoms. The van der Waals surface area contributed by atoms with Gasteiger partial charge in [-0.1, -0.05) is 37.1 Å². The van der Waals surface area contributed by atoms with Crippen molar-refractivity contribution in [1.82, 2.24) is 5.32 Å². The summed E-state index contributed by atoms with van der Waals surface area (Å²) in [7, 11) is 0. The Labute approximate surface area is 192 Å². The second kappa shape index (κ2) is 7.96. The van der Waals surface area contributed by atoms with Crippen LogP contribution in [0.2, 0.25) is 0 Å². The lowest BCUT2D eigenvalue weighted by molar-refractivity contribution is -0.126. The smallest absolute Gasteiger partial charge is 0.269 e. The van der Waals surface area contributed by atoms with Gasteiger partial charge in [-0.05, 0) is 56.0 Å². The van der Waals surface area contributed by atoms with Crippen molar-refractivity contribution < 1.29 is 14.4 Å². The summed E-state index contributed by atoms with van der Waals surface area (Å²) < 4.78 is 0. The van der Waals surface area contributed by atoms with Crippen molar-refractivity contribution in [2.75, 3.05) is 22.1 Å². The number of nitrogens with one attached hydrogen (secondary N) is 1. The summed E-state index contributed by atoms with van der Waals surface area (Å²) in [6, 6.07) is 13.7. The number of fused-ring (bicyclic) bond motifs is 2. The molecule has 1 aliphatic carbocycles. The van der Waals surface area contributed by atoms with E-state index in [0.717, 1.165) is 48.1 Å². The number of benzene rings is 2. The lowest BCUT2D eigenvalue weighted by Crippen LogP contribution is -2.51. The molecule has 3 aliphatic rings. The van der Waals surface area contributed by atoms with Gasteiger partial charge in [0.25, 0.3) is 5.91 Å². The molecule has 32 heavy (non-hydrogen) atoms. The van der Waals surface area contributed by atoms with Gasteiger partial charge >= 0.3 is 0 Å². The van der Waals surface area contributed by atoms with E-state index in [2.05, 4.69) is 5.32 Å². The van der Waals surface area contributed by atoms with E-state index in [1.807, 2.05) is 56.3 Å². The van der Waals surface area contributed by atoms with Gasteiger partial charge in [-0.25, -0.2) is 0 Å². The molecule has 166 valence electrons. The highest BCUT2D eigenvalue weighted by Crippen LogP contribution is 2.55. The summed E-state index contributed by atoms with van der Waals surface area (Å²) in [5.41, 5.74) is 4.26. The van der Waals surface area contributed by atoms with Crippen LogP contribution >= 0.6 is 11.8 Å². The van der Waals surface area contributed by atoms with Gasteiger partial charge in [-0.2, -0.15) is 0 Å². The number of carbonyl (C=O) groups is 3. The van der Waals surface area contributed by atoms with Crippen LogP contribution in [-0.4, -0.2) is 36.1 Å². The van der Waals surface area contributed by atoms with Crippen LogP contribution in [0.1, 0.15) is 42.4 Å². The third-order valence-electron chi connectivity index (χ3n) is 6.55. The van der Waals surface area contributed by atoms with Crippen molar-refractivity contribution in [3.63, 3.8) is 0 Å².